The highest BCUT2D eigenvalue weighted by molar-refractivity contribution is 4.87. The van der Waals surface area contributed by atoms with E-state index < -0.39 is 0 Å². The minimum Gasteiger partial charge on any atom is -0.373 e. The van der Waals surface area contributed by atoms with Crippen molar-refractivity contribution in [2.45, 2.75) is 97.2 Å². The molecule has 3 fully saturated rings. The van der Waals surface area contributed by atoms with E-state index in [0.717, 1.165) is 69.7 Å². The van der Waals surface area contributed by atoms with Gasteiger partial charge in [0.1, 0.15) is 0 Å². The summed E-state index contributed by atoms with van der Waals surface area (Å²) in [5.41, 5.74) is 0. The van der Waals surface area contributed by atoms with E-state index in [-0.39, 0.29) is 11.9 Å². The van der Waals surface area contributed by atoms with Gasteiger partial charge < -0.3 is 14.2 Å². The quantitative estimate of drug-likeness (QED) is 0.693. The van der Waals surface area contributed by atoms with Gasteiger partial charge in [-0.05, 0) is 50.4 Å². The lowest BCUT2D eigenvalue weighted by molar-refractivity contribution is -0.196. The Kier molecular flexibility index (Phi) is 7.04. The van der Waals surface area contributed by atoms with Gasteiger partial charge in [-0.1, -0.05) is 27.7 Å². The summed E-state index contributed by atoms with van der Waals surface area (Å²) in [7, 11) is 0. The molecule has 2 saturated heterocycles. The van der Waals surface area contributed by atoms with Crippen molar-refractivity contribution in [2.75, 3.05) is 26.2 Å². The second-order valence-corrected chi connectivity index (χ2v) is 9.43. The standard InChI is InChI=1S/C22H41NO3/c1-6-20-14-23(13-17(4)25-20)12-9-21-15-24-22(26-21)10-7-19(8-11-22)18(5)16(2)3/h16-21H,6-15H2,1-5H3. The maximum atomic E-state index is 6.47. The Bertz CT molecular complexity index is 433. The highest BCUT2D eigenvalue weighted by Gasteiger charge is 2.45. The predicted molar refractivity (Wildman–Crippen MR) is 105 cm³/mol. The molecule has 4 unspecified atom stereocenters. The highest BCUT2D eigenvalue weighted by Crippen LogP contribution is 2.43. The minimum absolute atomic E-state index is 0.262. The van der Waals surface area contributed by atoms with Gasteiger partial charge in [0, 0.05) is 32.5 Å². The molecule has 0 bridgehead atoms. The molecule has 0 N–H and O–H groups in total. The van der Waals surface area contributed by atoms with Crippen molar-refractivity contribution in [1.82, 2.24) is 4.90 Å². The van der Waals surface area contributed by atoms with E-state index in [2.05, 4.69) is 39.5 Å². The average Bonchev–Trinajstić information content (AvgIpc) is 3.02. The average molecular weight is 368 g/mol. The third kappa shape index (κ3) is 5.01. The molecule has 0 aromatic heterocycles. The smallest absolute Gasteiger partial charge is 0.168 e. The predicted octanol–water partition coefficient (Wildman–Crippen LogP) is 4.47. The largest absolute Gasteiger partial charge is 0.373 e. The molecule has 2 heterocycles. The van der Waals surface area contributed by atoms with Crippen molar-refractivity contribution in [2.24, 2.45) is 17.8 Å². The van der Waals surface area contributed by atoms with Crippen LogP contribution in [-0.4, -0.2) is 55.2 Å². The van der Waals surface area contributed by atoms with E-state index in [9.17, 15) is 0 Å². The molecule has 1 saturated carbocycles. The summed E-state index contributed by atoms with van der Waals surface area (Å²) >= 11 is 0. The molecule has 0 aromatic carbocycles. The van der Waals surface area contributed by atoms with E-state index in [0.29, 0.717) is 12.2 Å². The highest BCUT2D eigenvalue weighted by atomic mass is 16.7. The number of hydrogen-bond donors (Lipinski definition) is 0. The SMILES string of the molecule is CCC1CN(CCC2COC3(CCC(C(C)C(C)C)CC3)O2)CC(C)O1. The van der Waals surface area contributed by atoms with E-state index in [1.807, 2.05) is 0 Å². The van der Waals surface area contributed by atoms with Gasteiger partial charge in [-0.3, -0.25) is 4.90 Å². The third-order valence-electron chi connectivity index (χ3n) is 7.13. The molecule has 0 aromatic rings. The van der Waals surface area contributed by atoms with Crippen LogP contribution in [0.25, 0.3) is 0 Å². The summed E-state index contributed by atoms with van der Waals surface area (Å²) in [6.07, 6.45) is 7.86. The molecule has 0 amide bonds. The van der Waals surface area contributed by atoms with Gasteiger partial charge in [0.2, 0.25) is 0 Å². The molecule has 1 aliphatic carbocycles. The van der Waals surface area contributed by atoms with Crippen LogP contribution in [0.5, 0.6) is 0 Å². The number of rotatable bonds is 6. The van der Waals surface area contributed by atoms with Gasteiger partial charge in [0.05, 0.1) is 24.9 Å². The van der Waals surface area contributed by atoms with Crippen molar-refractivity contribution < 1.29 is 14.2 Å². The molecule has 0 radical (unpaired) electrons. The second-order valence-electron chi connectivity index (χ2n) is 9.43. The molecule has 1 spiro atoms. The summed E-state index contributed by atoms with van der Waals surface area (Å²) in [6.45, 7) is 15.5. The van der Waals surface area contributed by atoms with E-state index in [1.54, 1.807) is 0 Å². The maximum Gasteiger partial charge on any atom is 0.168 e. The van der Waals surface area contributed by atoms with Gasteiger partial charge in [-0.15, -0.1) is 0 Å². The van der Waals surface area contributed by atoms with Gasteiger partial charge in [0.25, 0.3) is 0 Å². The zero-order chi connectivity index (χ0) is 18.7. The van der Waals surface area contributed by atoms with Crippen molar-refractivity contribution in [3.8, 4) is 0 Å². The second kappa shape index (κ2) is 8.89. The summed E-state index contributed by atoms with van der Waals surface area (Å²) < 4.78 is 18.7. The van der Waals surface area contributed by atoms with Gasteiger partial charge in [0.15, 0.2) is 5.79 Å². The molecule has 4 atom stereocenters. The molecule has 152 valence electrons. The molecule has 3 aliphatic rings. The Morgan fingerprint density at radius 3 is 2.46 bits per heavy atom. The molecule has 3 rings (SSSR count). The Morgan fingerprint density at radius 1 is 1.08 bits per heavy atom. The van der Waals surface area contributed by atoms with Crippen molar-refractivity contribution in [3.63, 3.8) is 0 Å². The van der Waals surface area contributed by atoms with Crippen molar-refractivity contribution in [1.29, 1.82) is 0 Å². The normalized spacial score (nSPS) is 40.4. The Morgan fingerprint density at radius 2 is 1.81 bits per heavy atom. The van der Waals surface area contributed by atoms with E-state index in [4.69, 9.17) is 14.2 Å². The molecule has 4 nitrogen and oxygen atoms in total. The number of ether oxygens (including phenoxy) is 3. The summed E-state index contributed by atoms with van der Waals surface area (Å²) in [4.78, 5) is 2.55. The molecule has 4 heteroatoms. The van der Waals surface area contributed by atoms with Crippen LogP contribution < -0.4 is 0 Å². The zero-order valence-electron chi connectivity index (χ0n) is 17.7. The van der Waals surface area contributed by atoms with Crippen LogP contribution in [0.2, 0.25) is 0 Å². The number of nitrogens with zero attached hydrogens (tertiary/aromatic N) is 1. The fourth-order valence-corrected chi connectivity index (χ4v) is 5.05. The molecule has 2 aliphatic heterocycles. The van der Waals surface area contributed by atoms with Crippen LogP contribution in [0.15, 0.2) is 0 Å². The van der Waals surface area contributed by atoms with Gasteiger partial charge in [-0.2, -0.15) is 0 Å². The van der Waals surface area contributed by atoms with E-state index >= 15 is 0 Å². The van der Waals surface area contributed by atoms with Crippen LogP contribution >= 0.6 is 0 Å². The van der Waals surface area contributed by atoms with Crippen molar-refractivity contribution >= 4 is 0 Å². The minimum atomic E-state index is -0.262. The lowest BCUT2D eigenvalue weighted by atomic mass is 9.74. The maximum absolute atomic E-state index is 6.47. The first-order valence-electron chi connectivity index (χ1n) is 11.1. The topological polar surface area (TPSA) is 30.9 Å². The first-order chi connectivity index (χ1) is 12.4. The molecule has 26 heavy (non-hydrogen) atoms. The van der Waals surface area contributed by atoms with Gasteiger partial charge in [-0.25, -0.2) is 0 Å². The van der Waals surface area contributed by atoms with E-state index in [1.165, 1.54) is 12.8 Å². The molecular formula is C22H41NO3. The lowest BCUT2D eigenvalue weighted by Crippen LogP contribution is -2.47. The number of hydrogen-bond acceptors (Lipinski definition) is 4. The fraction of sp³-hybridized carbons (Fsp3) is 1.00. The summed E-state index contributed by atoms with van der Waals surface area (Å²) in [5.74, 6) is 2.16. The van der Waals surface area contributed by atoms with Crippen LogP contribution in [0.4, 0.5) is 0 Å². The fourth-order valence-electron chi connectivity index (χ4n) is 5.05. The first kappa shape index (κ1) is 20.6. The van der Waals surface area contributed by atoms with Crippen LogP contribution in [0, 0.1) is 17.8 Å². The summed E-state index contributed by atoms with van der Waals surface area (Å²) in [5, 5.41) is 0. The summed E-state index contributed by atoms with van der Waals surface area (Å²) in [6, 6.07) is 0. The third-order valence-corrected chi connectivity index (χ3v) is 7.13. The van der Waals surface area contributed by atoms with Crippen LogP contribution in [-0.2, 0) is 14.2 Å². The monoisotopic (exact) mass is 367 g/mol. The first-order valence-corrected chi connectivity index (χ1v) is 11.1. The Labute approximate surface area is 160 Å². The zero-order valence-corrected chi connectivity index (χ0v) is 17.7. The molecular weight excluding hydrogens is 326 g/mol. The van der Waals surface area contributed by atoms with Crippen LogP contribution in [0.1, 0.15) is 73.1 Å². The number of morpholine rings is 1. The van der Waals surface area contributed by atoms with Gasteiger partial charge >= 0.3 is 0 Å². The van der Waals surface area contributed by atoms with Crippen LogP contribution in [0.3, 0.4) is 0 Å². The van der Waals surface area contributed by atoms with Crippen molar-refractivity contribution in [3.05, 3.63) is 0 Å². The lowest BCUT2D eigenvalue weighted by Gasteiger charge is -2.39. The Balaban J connectivity index is 1.42. The Hall–Kier alpha value is -0.160.